The standard InChI is InChI=1S/C18H26N2O4/c1-4-5-12-24-18(22)20-11-10-16(23-3)14-8-6-7-9-15(14)19(2)17(21)13-20/h6-9,16H,4-5,10-13H2,1-3H3. The van der Waals surface area contributed by atoms with Gasteiger partial charge in [0.05, 0.1) is 12.7 Å². The van der Waals surface area contributed by atoms with Gasteiger partial charge in [-0.25, -0.2) is 4.79 Å². The molecule has 0 aliphatic carbocycles. The van der Waals surface area contributed by atoms with E-state index >= 15 is 0 Å². The molecule has 1 atom stereocenters. The SMILES string of the molecule is CCCCOC(=O)N1CCC(OC)c2ccccc2N(C)C(=O)C1. The first kappa shape index (κ1) is 18.3. The maximum Gasteiger partial charge on any atom is 0.410 e. The van der Waals surface area contributed by atoms with Crippen molar-refractivity contribution >= 4 is 17.7 Å². The summed E-state index contributed by atoms with van der Waals surface area (Å²) in [6.07, 6.45) is 1.76. The summed E-state index contributed by atoms with van der Waals surface area (Å²) < 4.78 is 10.9. The number of amides is 2. The highest BCUT2D eigenvalue weighted by atomic mass is 16.6. The Morgan fingerprint density at radius 2 is 2.08 bits per heavy atom. The van der Waals surface area contributed by atoms with Gasteiger partial charge in [-0.2, -0.15) is 0 Å². The first-order valence-corrected chi connectivity index (χ1v) is 8.38. The van der Waals surface area contributed by atoms with E-state index in [1.54, 1.807) is 19.1 Å². The number of carbonyl (C=O) groups is 2. The molecule has 0 N–H and O–H groups in total. The van der Waals surface area contributed by atoms with Crippen molar-refractivity contribution in [3.05, 3.63) is 29.8 Å². The van der Waals surface area contributed by atoms with Gasteiger partial charge >= 0.3 is 6.09 Å². The first-order valence-electron chi connectivity index (χ1n) is 8.38. The second-order valence-electron chi connectivity index (χ2n) is 5.91. The van der Waals surface area contributed by atoms with E-state index in [4.69, 9.17) is 9.47 Å². The van der Waals surface area contributed by atoms with Crippen LogP contribution in [0.3, 0.4) is 0 Å². The van der Waals surface area contributed by atoms with E-state index in [9.17, 15) is 9.59 Å². The molecule has 0 bridgehead atoms. The zero-order valence-electron chi connectivity index (χ0n) is 14.7. The summed E-state index contributed by atoms with van der Waals surface area (Å²) in [4.78, 5) is 27.9. The Balaban J connectivity index is 2.21. The minimum atomic E-state index is -0.439. The number of ether oxygens (including phenoxy) is 2. The molecule has 6 nitrogen and oxygen atoms in total. The summed E-state index contributed by atoms with van der Waals surface area (Å²) in [6, 6.07) is 7.68. The van der Waals surface area contributed by atoms with Gasteiger partial charge in [-0.15, -0.1) is 0 Å². The monoisotopic (exact) mass is 334 g/mol. The number of rotatable bonds is 4. The van der Waals surface area contributed by atoms with Gasteiger partial charge in [0, 0.05) is 32.0 Å². The fourth-order valence-corrected chi connectivity index (χ4v) is 2.77. The molecule has 1 aliphatic rings. The number of unbranched alkanes of at least 4 members (excludes halogenated alkanes) is 1. The van der Waals surface area contributed by atoms with Gasteiger partial charge in [0.25, 0.3) is 0 Å². The molecule has 132 valence electrons. The molecule has 0 saturated heterocycles. The Bertz CT molecular complexity index is 576. The lowest BCUT2D eigenvalue weighted by Gasteiger charge is -2.23. The van der Waals surface area contributed by atoms with Crippen LogP contribution in [0.2, 0.25) is 0 Å². The number of nitrogens with zero attached hydrogens (tertiary/aromatic N) is 2. The fraction of sp³-hybridized carbons (Fsp3) is 0.556. The summed E-state index contributed by atoms with van der Waals surface area (Å²) in [6.45, 7) is 2.83. The largest absolute Gasteiger partial charge is 0.449 e. The third-order valence-corrected chi connectivity index (χ3v) is 4.27. The molecular formula is C18H26N2O4. The Labute approximate surface area is 143 Å². The highest BCUT2D eigenvalue weighted by Crippen LogP contribution is 2.31. The van der Waals surface area contributed by atoms with Crippen LogP contribution in [0.5, 0.6) is 0 Å². The molecule has 1 aromatic carbocycles. The minimum Gasteiger partial charge on any atom is -0.449 e. The topological polar surface area (TPSA) is 59.1 Å². The summed E-state index contributed by atoms with van der Waals surface area (Å²) in [5.74, 6) is -0.147. The Morgan fingerprint density at radius 1 is 1.33 bits per heavy atom. The molecule has 0 aromatic heterocycles. The molecule has 1 aromatic rings. The molecule has 6 heteroatoms. The van der Waals surface area contributed by atoms with Crippen LogP contribution < -0.4 is 4.90 Å². The zero-order chi connectivity index (χ0) is 17.5. The lowest BCUT2D eigenvalue weighted by atomic mass is 10.0. The van der Waals surface area contributed by atoms with E-state index in [0.29, 0.717) is 19.6 Å². The number of para-hydroxylation sites is 1. The fourth-order valence-electron chi connectivity index (χ4n) is 2.77. The van der Waals surface area contributed by atoms with Crippen LogP contribution in [-0.4, -0.2) is 50.8 Å². The van der Waals surface area contributed by atoms with E-state index in [0.717, 1.165) is 24.1 Å². The van der Waals surface area contributed by atoms with Crippen molar-refractivity contribution in [1.82, 2.24) is 4.90 Å². The number of methoxy groups -OCH3 is 1. The zero-order valence-corrected chi connectivity index (χ0v) is 14.7. The summed E-state index contributed by atoms with van der Waals surface area (Å²) in [5.41, 5.74) is 1.77. The smallest absolute Gasteiger partial charge is 0.410 e. The van der Waals surface area contributed by atoms with Crippen molar-refractivity contribution in [2.45, 2.75) is 32.3 Å². The van der Waals surface area contributed by atoms with E-state index in [1.165, 1.54) is 4.90 Å². The highest BCUT2D eigenvalue weighted by molar-refractivity contribution is 5.96. The van der Waals surface area contributed by atoms with Crippen LogP contribution >= 0.6 is 0 Å². The van der Waals surface area contributed by atoms with Crippen molar-refractivity contribution in [1.29, 1.82) is 0 Å². The normalized spacial score (nSPS) is 18.5. The van der Waals surface area contributed by atoms with Gasteiger partial charge in [-0.05, 0) is 18.9 Å². The summed E-state index contributed by atoms with van der Waals surface area (Å²) >= 11 is 0. The predicted octanol–water partition coefficient (Wildman–Crippen LogP) is 2.98. The molecule has 24 heavy (non-hydrogen) atoms. The van der Waals surface area contributed by atoms with Crippen molar-refractivity contribution in [2.24, 2.45) is 0 Å². The van der Waals surface area contributed by atoms with Crippen LogP contribution in [-0.2, 0) is 14.3 Å². The molecule has 0 saturated carbocycles. The molecule has 0 spiro atoms. The summed E-state index contributed by atoms with van der Waals surface area (Å²) in [7, 11) is 3.37. The summed E-state index contributed by atoms with van der Waals surface area (Å²) in [5, 5.41) is 0. The molecule has 1 aliphatic heterocycles. The number of benzene rings is 1. The van der Waals surface area contributed by atoms with E-state index in [-0.39, 0.29) is 18.6 Å². The van der Waals surface area contributed by atoms with Gasteiger partial charge in [-0.1, -0.05) is 31.5 Å². The number of likely N-dealkylation sites (N-methyl/N-ethyl adjacent to an activating group) is 1. The maximum atomic E-state index is 12.6. The van der Waals surface area contributed by atoms with Gasteiger partial charge in [-0.3, -0.25) is 9.69 Å². The molecule has 1 unspecified atom stereocenters. The van der Waals surface area contributed by atoms with E-state index < -0.39 is 6.09 Å². The van der Waals surface area contributed by atoms with Crippen LogP contribution in [0, 0.1) is 0 Å². The van der Waals surface area contributed by atoms with Crippen molar-refractivity contribution in [2.75, 3.05) is 38.8 Å². The quantitative estimate of drug-likeness (QED) is 0.794. The van der Waals surface area contributed by atoms with Crippen LogP contribution in [0.4, 0.5) is 10.5 Å². The maximum absolute atomic E-state index is 12.6. The van der Waals surface area contributed by atoms with Gasteiger partial charge < -0.3 is 14.4 Å². The molecule has 0 fully saturated rings. The van der Waals surface area contributed by atoms with E-state index in [1.807, 2.05) is 31.2 Å². The second-order valence-corrected chi connectivity index (χ2v) is 5.91. The number of fused-ring (bicyclic) bond motifs is 1. The van der Waals surface area contributed by atoms with Gasteiger partial charge in [0.2, 0.25) is 5.91 Å². The predicted molar refractivity (Wildman–Crippen MR) is 92.0 cm³/mol. The number of carbonyl (C=O) groups excluding carboxylic acids is 2. The Kier molecular flexibility index (Phi) is 6.61. The molecule has 0 radical (unpaired) electrons. The molecular weight excluding hydrogens is 308 g/mol. The first-order chi connectivity index (χ1) is 11.6. The minimum absolute atomic E-state index is 0.00618. The number of hydrogen-bond donors (Lipinski definition) is 0. The molecule has 2 rings (SSSR count). The van der Waals surface area contributed by atoms with Crippen molar-refractivity contribution in [3.63, 3.8) is 0 Å². The molecule has 1 heterocycles. The average Bonchev–Trinajstić information content (AvgIpc) is 2.65. The Morgan fingerprint density at radius 3 is 2.79 bits per heavy atom. The highest BCUT2D eigenvalue weighted by Gasteiger charge is 2.27. The van der Waals surface area contributed by atoms with Crippen LogP contribution in [0.25, 0.3) is 0 Å². The van der Waals surface area contributed by atoms with Crippen molar-refractivity contribution < 1.29 is 19.1 Å². The lowest BCUT2D eigenvalue weighted by molar-refractivity contribution is -0.119. The van der Waals surface area contributed by atoms with Crippen molar-refractivity contribution in [3.8, 4) is 0 Å². The third-order valence-electron chi connectivity index (χ3n) is 4.27. The van der Waals surface area contributed by atoms with Gasteiger partial charge in [0.1, 0.15) is 6.54 Å². The third kappa shape index (κ3) is 4.26. The van der Waals surface area contributed by atoms with Crippen LogP contribution in [0.15, 0.2) is 24.3 Å². The molecule has 2 amide bonds. The van der Waals surface area contributed by atoms with Gasteiger partial charge in [0.15, 0.2) is 0 Å². The van der Waals surface area contributed by atoms with E-state index in [2.05, 4.69) is 0 Å². The average molecular weight is 334 g/mol. The number of anilines is 1. The second kappa shape index (κ2) is 8.68. The lowest BCUT2D eigenvalue weighted by Crippen LogP contribution is -2.42. The van der Waals surface area contributed by atoms with Crippen LogP contribution in [0.1, 0.15) is 37.9 Å². The number of hydrogen-bond acceptors (Lipinski definition) is 4. The Hall–Kier alpha value is -2.08.